The lowest BCUT2D eigenvalue weighted by atomic mass is 9.86. The largest absolute Gasteiger partial charge is 0.496 e. The second-order valence-corrected chi connectivity index (χ2v) is 10.1. The molecule has 0 aromatic heterocycles. The molecule has 0 saturated carbocycles. The molecule has 0 bridgehead atoms. The maximum absolute atomic E-state index is 12.3. The van der Waals surface area contributed by atoms with E-state index < -0.39 is 17.2 Å². The number of aryl methyl sites for hydroxylation is 2. The average Bonchev–Trinajstić information content (AvgIpc) is 2.78. The van der Waals surface area contributed by atoms with Crippen LogP contribution in [-0.4, -0.2) is 50.4 Å². The summed E-state index contributed by atoms with van der Waals surface area (Å²) >= 11 is 0. The van der Waals surface area contributed by atoms with Crippen molar-refractivity contribution in [3.63, 3.8) is 0 Å². The first-order chi connectivity index (χ1) is 16.3. The van der Waals surface area contributed by atoms with Crippen LogP contribution in [0.1, 0.15) is 62.8 Å². The van der Waals surface area contributed by atoms with Gasteiger partial charge < -0.3 is 29.1 Å². The van der Waals surface area contributed by atoms with Gasteiger partial charge in [-0.3, -0.25) is 0 Å². The lowest BCUT2D eigenvalue weighted by Crippen LogP contribution is -2.52. The highest BCUT2D eigenvalue weighted by atomic mass is 16.6. The standard InChI is InChI=1S/C28H39NO6/c1-18-10-12-21(14-23(18)32-8)25(22-13-11-19(2)24(15-22)33-9)20(3)34-17-28(7,16-30)29-26(31)35-27(4,5)6/h10-16,20,25H,17H2,1-9H3,(H,29,31)/t20-,28+/m0/s1. The van der Waals surface area contributed by atoms with E-state index in [1.54, 1.807) is 41.9 Å². The van der Waals surface area contributed by atoms with Crippen LogP contribution in [0.5, 0.6) is 11.5 Å². The zero-order chi connectivity index (χ0) is 26.4. The number of carbonyl (C=O) groups excluding carboxylic acids is 2. The summed E-state index contributed by atoms with van der Waals surface area (Å²) in [5, 5.41) is 2.63. The van der Waals surface area contributed by atoms with Gasteiger partial charge in [-0.2, -0.15) is 0 Å². The monoisotopic (exact) mass is 485 g/mol. The van der Waals surface area contributed by atoms with Crippen LogP contribution in [0, 0.1) is 13.8 Å². The Morgan fingerprint density at radius 2 is 1.43 bits per heavy atom. The molecule has 0 saturated heterocycles. The Balaban J connectivity index is 2.36. The quantitative estimate of drug-likeness (QED) is 0.458. The fourth-order valence-corrected chi connectivity index (χ4v) is 3.83. The number of methoxy groups -OCH3 is 2. The number of hydrogen-bond acceptors (Lipinski definition) is 6. The lowest BCUT2D eigenvalue weighted by Gasteiger charge is -2.31. The molecule has 7 nitrogen and oxygen atoms in total. The van der Waals surface area contributed by atoms with E-state index >= 15 is 0 Å². The van der Waals surface area contributed by atoms with Gasteiger partial charge in [0.15, 0.2) is 0 Å². The second-order valence-electron chi connectivity index (χ2n) is 10.1. The molecule has 1 N–H and O–H groups in total. The fraction of sp³-hybridized carbons (Fsp3) is 0.500. The molecule has 7 heteroatoms. The number of rotatable bonds is 10. The lowest BCUT2D eigenvalue weighted by molar-refractivity contribution is -0.116. The second kappa shape index (κ2) is 11.6. The van der Waals surface area contributed by atoms with Crippen molar-refractivity contribution in [1.82, 2.24) is 5.32 Å². The summed E-state index contributed by atoms with van der Waals surface area (Å²) < 4.78 is 22.6. The van der Waals surface area contributed by atoms with Gasteiger partial charge in [0, 0.05) is 5.92 Å². The van der Waals surface area contributed by atoms with Crippen molar-refractivity contribution in [2.24, 2.45) is 0 Å². The van der Waals surface area contributed by atoms with Gasteiger partial charge in [-0.1, -0.05) is 24.3 Å². The van der Waals surface area contributed by atoms with Crippen LogP contribution >= 0.6 is 0 Å². The first kappa shape index (κ1) is 28.2. The van der Waals surface area contributed by atoms with E-state index in [4.69, 9.17) is 18.9 Å². The minimum absolute atomic E-state index is 0.0284. The highest BCUT2D eigenvalue weighted by molar-refractivity contribution is 5.76. The van der Waals surface area contributed by atoms with Crippen LogP contribution in [0.2, 0.25) is 0 Å². The summed E-state index contributed by atoms with van der Waals surface area (Å²) in [4.78, 5) is 24.2. The average molecular weight is 486 g/mol. The van der Waals surface area contributed by atoms with E-state index in [0.717, 1.165) is 33.8 Å². The first-order valence-corrected chi connectivity index (χ1v) is 11.7. The van der Waals surface area contributed by atoms with Gasteiger partial charge in [-0.25, -0.2) is 4.79 Å². The predicted molar refractivity (Wildman–Crippen MR) is 137 cm³/mol. The molecule has 0 aliphatic heterocycles. The molecule has 192 valence electrons. The minimum Gasteiger partial charge on any atom is -0.496 e. The maximum Gasteiger partial charge on any atom is 0.408 e. The third-order valence-corrected chi connectivity index (χ3v) is 5.74. The van der Waals surface area contributed by atoms with E-state index in [0.29, 0.717) is 6.29 Å². The number of amides is 1. The fourth-order valence-electron chi connectivity index (χ4n) is 3.83. The third kappa shape index (κ3) is 7.72. The number of alkyl carbamates (subject to hydrolysis) is 1. The number of benzene rings is 2. The van der Waals surface area contributed by atoms with Gasteiger partial charge in [0.1, 0.15) is 28.9 Å². The normalized spacial score (nSPS) is 14.1. The highest BCUT2D eigenvalue weighted by Gasteiger charge is 2.32. The molecule has 2 atom stereocenters. The zero-order valence-electron chi connectivity index (χ0n) is 22.4. The Kier molecular flexibility index (Phi) is 9.32. The highest BCUT2D eigenvalue weighted by Crippen LogP contribution is 2.35. The molecule has 35 heavy (non-hydrogen) atoms. The van der Waals surface area contributed by atoms with Crippen LogP contribution in [0.15, 0.2) is 36.4 Å². The molecule has 0 unspecified atom stereocenters. The van der Waals surface area contributed by atoms with Crippen molar-refractivity contribution in [3.8, 4) is 11.5 Å². The molecule has 0 aliphatic carbocycles. The molecule has 2 aromatic rings. The molecule has 0 radical (unpaired) electrons. The molecule has 0 aliphatic rings. The Bertz CT molecular complexity index is 975. The van der Waals surface area contributed by atoms with Gasteiger partial charge in [0.2, 0.25) is 0 Å². The Hall–Kier alpha value is -3.06. The molecule has 2 rings (SSSR count). The van der Waals surface area contributed by atoms with Crippen molar-refractivity contribution >= 4 is 12.4 Å². The SMILES string of the molecule is COc1cc(C(c2ccc(C)c(OC)c2)[C@H](C)OC[C@@](C)(C=O)NC(=O)OC(C)(C)C)ccc1C. The number of ether oxygens (including phenoxy) is 4. The molecular formula is C28H39NO6. The Morgan fingerprint density at radius 3 is 1.83 bits per heavy atom. The third-order valence-electron chi connectivity index (χ3n) is 5.74. The van der Waals surface area contributed by atoms with Gasteiger partial charge in [0.25, 0.3) is 0 Å². The molecule has 0 heterocycles. The Morgan fingerprint density at radius 1 is 0.943 bits per heavy atom. The summed E-state index contributed by atoms with van der Waals surface area (Å²) in [5.41, 5.74) is 2.12. The van der Waals surface area contributed by atoms with E-state index in [-0.39, 0.29) is 18.6 Å². The minimum atomic E-state index is -1.25. The number of hydrogen-bond donors (Lipinski definition) is 1. The molecule has 1 amide bonds. The predicted octanol–water partition coefficient (Wildman–Crippen LogP) is 5.34. The van der Waals surface area contributed by atoms with Gasteiger partial charge in [-0.05, 0) is 82.9 Å². The van der Waals surface area contributed by atoms with Crippen LogP contribution < -0.4 is 14.8 Å². The number of carbonyl (C=O) groups is 2. The molecular weight excluding hydrogens is 446 g/mol. The van der Waals surface area contributed by atoms with Crippen molar-refractivity contribution in [1.29, 1.82) is 0 Å². The van der Waals surface area contributed by atoms with Gasteiger partial charge in [-0.15, -0.1) is 0 Å². The van der Waals surface area contributed by atoms with Gasteiger partial charge in [0.05, 0.1) is 26.9 Å². The molecule has 2 aromatic carbocycles. The summed E-state index contributed by atoms with van der Waals surface area (Å²) in [5.74, 6) is 1.38. The Labute approximate surface area is 209 Å². The number of aldehydes is 1. The van der Waals surface area contributed by atoms with Crippen LogP contribution in [0.4, 0.5) is 4.79 Å². The van der Waals surface area contributed by atoms with E-state index in [1.165, 1.54) is 0 Å². The first-order valence-electron chi connectivity index (χ1n) is 11.7. The molecule has 0 fully saturated rings. The van der Waals surface area contributed by atoms with Crippen LogP contribution in [0.3, 0.4) is 0 Å². The summed E-state index contributed by atoms with van der Waals surface area (Å²) in [6.07, 6.45) is -0.358. The molecule has 0 spiro atoms. The smallest absolute Gasteiger partial charge is 0.408 e. The zero-order valence-corrected chi connectivity index (χ0v) is 22.4. The maximum atomic E-state index is 12.3. The summed E-state index contributed by atoms with van der Waals surface area (Å²) in [7, 11) is 3.29. The topological polar surface area (TPSA) is 83.1 Å². The van der Waals surface area contributed by atoms with Crippen molar-refractivity contribution < 1.29 is 28.5 Å². The van der Waals surface area contributed by atoms with Crippen LogP contribution in [-0.2, 0) is 14.3 Å². The number of nitrogens with one attached hydrogen (secondary N) is 1. The van der Waals surface area contributed by atoms with Crippen molar-refractivity contribution in [2.45, 2.75) is 71.6 Å². The summed E-state index contributed by atoms with van der Waals surface area (Å²) in [6, 6.07) is 12.1. The summed E-state index contributed by atoms with van der Waals surface area (Å²) in [6.45, 7) is 12.8. The van der Waals surface area contributed by atoms with Crippen molar-refractivity contribution in [3.05, 3.63) is 58.7 Å². The van der Waals surface area contributed by atoms with E-state index in [2.05, 4.69) is 5.32 Å². The van der Waals surface area contributed by atoms with E-state index in [1.807, 2.05) is 57.2 Å². The van der Waals surface area contributed by atoms with Crippen molar-refractivity contribution in [2.75, 3.05) is 20.8 Å². The van der Waals surface area contributed by atoms with E-state index in [9.17, 15) is 9.59 Å². The van der Waals surface area contributed by atoms with Gasteiger partial charge >= 0.3 is 6.09 Å². The van der Waals surface area contributed by atoms with Crippen LogP contribution in [0.25, 0.3) is 0 Å².